The Morgan fingerprint density at radius 2 is 2.05 bits per heavy atom. The van der Waals surface area contributed by atoms with Crippen LogP contribution in [0, 0.1) is 0 Å². The molecule has 0 aliphatic carbocycles. The lowest BCUT2D eigenvalue weighted by atomic mass is 10.1. The lowest BCUT2D eigenvalue weighted by Gasteiger charge is -2.09. The Kier molecular flexibility index (Phi) is 4.58. The van der Waals surface area contributed by atoms with E-state index in [1.54, 1.807) is 31.3 Å². The predicted octanol–water partition coefficient (Wildman–Crippen LogP) is 3.59. The summed E-state index contributed by atoms with van der Waals surface area (Å²) in [5.74, 6) is 0.473. The summed E-state index contributed by atoms with van der Waals surface area (Å²) in [6.07, 6.45) is 0.766. The van der Waals surface area contributed by atoms with E-state index >= 15 is 0 Å². The van der Waals surface area contributed by atoms with Crippen LogP contribution in [0.3, 0.4) is 0 Å². The fourth-order valence-electron chi connectivity index (χ4n) is 1.79. The number of rotatable bonds is 4. The summed E-state index contributed by atoms with van der Waals surface area (Å²) in [5, 5.41) is 6.27. The van der Waals surface area contributed by atoms with Crippen LogP contribution in [0.25, 0.3) is 0 Å². The number of carbonyl (C=O) groups is 1. The molecule has 0 atom stereocenters. The molecule has 0 saturated heterocycles. The van der Waals surface area contributed by atoms with Crippen molar-refractivity contribution in [3.8, 4) is 0 Å². The quantitative estimate of drug-likeness (QED) is 0.904. The largest absolute Gasteiger partial charge is 0.373 e. The normalized spacial score (nSPS) is 10.2. The fourth-order valence-corrected chi connectivity index (χ4v) is 1.97. The summed E-state index contributed by atoms with van der Waals surface area (Å²) in [7, 11) is 1.78. The molecule has 20 heavy (non-hydrogen) atoms. The van der Waals surface area contributed by atoms with E-state index in [1.807, 2.05) is 19.1 Å². The van der Waals surface area contributed by atoms with Crippen molar-refractivity contribution in [2.24, 2.45) is 0 Å². The van der Waals surface area contributed by atoms with Gasteiger partial charge in [0.15, 0.2) is 0 Å². The third-order valence-corrected chi connectivity index (χ3v) is 3.21. The van der Waals surface area contributed by atoms with Gasteiger partial charge in [-0.1, -0.05) is 30.7 Å². The molecule has 1 aromatic heterocycles. The van der Waals surface area contributed by atoms with E-state index in [9.17, 15) is 4.79 Å². The van der Waals surface area contributed by atoms with Gasteiger partial charge >= 0.3 is 0 Å². The molecule has 2 aromatic rings. The highest BCUT2D eigenvalue weighted by molar-refractivity contribution is 6.33. The molecular formula is C15H16ClN3O. The summed E-state index contributed by atoms with van der Waals surface area (Å²) in [5.41, 5.74) is 2.02. The summed E-state index contributed by atoms with van der Waals surface area (Å²) in [4.78, 5) is 16.6. The minimum absolute atomic E-state index is 0.202. The maximum atomic E-state index is 12.3. The van der Waals surface area contributed by atoms with Gasteiger partial charge in [-0.3, -0.25) is 4.79 Å². The molecule has 0 unspecified atom stereocenters. The van der Waals surface area contributed by atoms with Crippen molar-refractivity contribution >= 4 is 29.0 Å². The molecule has 0 fully saturated rings. The second-order valence-corrected chi connectivity index (χ2v) is 4.68. The summed E-state index contributed by atoms with van der Waals surface area (Å²) >= 11 is 6.03. The van der Waals surface area contributed by atoms with Gasteiger partial charge in [-0.05, 0) is 30.7 Å². The number of amides is 1. The number of benzene rings is 1. The van der Waals surface area contributed by atoms with Gasteiger partial charge in [-0.15, -0.1) is 0 Å². The van der Waals surface area contributed by atoms with E-state index in [2.05, 4.69) is 15.6 Å². The molecule has 104 valence electrons. The number of hydrogen-bond acceptors (Lipinski definition) is 3. The highest BCUT2D eigenvalue weighted by Crippen LogP contribution is 2.21. The van der Waals surface area contributed by atoms with Gasteiger partial charge in [0.1, 0.15) is 5.82 Å². The topological polar surface area (TPSA) is 54.0 Å². The number of anilines is 2. The second-order valence-electron chi connectivity index (χ2n) is 4.27. The molecule has 0 spiro atoms. The van der Waals surface area contributed by atoms with Crippen molar-refractivity contribution in [1.82, 2.24) is 4.98 Å². The van der Waals surface area contributed by atoms with Crippen LogP contribution in [-0.2, 0) is 6.42 Å². The molecule has 5 heteroatoms. The average Bonchev–Trinajstić information content (AvgIpc) is 2.48. The maximum absolute atomic E-state index is 12.3. The van der Waals surface area contributed by atoms with Gasteiger partial charge in [0.05, 0.1) is 10.7 Å². The molecule has 4 nitrogen and oxygen atoms in total. The minimum atomic E-state index is -0.202. The first kappa shape index (κ1) is 14.3. The highest BCUT2D eigenvalue weighted by Gasteiger charge is 2.10. The van der Waals surface area contributed by atoms with Crippen molar-refractivity contribution < 1.29 is 4.79 Å². The Bertz CT molecular complexity index is 606. The predicted molar refractivity (Wildman–Crippen MR) is 82.6 cm³/mol. The minimum Gasteiger partial charge on any atom is -0.373 e. The van der Waals surface area contributed by atoms with E-state index in [0.717, 1.165) is 12.1 Å². The van der Waals surface area contributed by atoms with E-state index in [0.29, 0.717) is 22.1 Å². The molecule has 0 bridgehead atoms. The molecule has 2 N–H and O–H groups in total. The number of pyridine rings is 1. The Morgan fingerprint density at radius 1 is 1.30 bits per heavy atom. The zero-order valence-electron chi connectivity index (χ0n) is 11.4. The van der Waals surface area contributed by atoms with Gasteiger partial charge < -0.3 is 10.6 Å². The third-order valence-electron chi connectivity index (χ3n) is 2.88. The molecule has 0 aliphatic heterocycles. The van der Waals surface area contributed by atoms with E-state index < -0.39 is 0 Å². The van der Waals surface area contributed by atoms with Crippen molar-refractivity contribution in [3.63, 3.8) is 0 Å². The SMILES string of the molecule is CCc1cc(C(=O)Nc2ccccc2Cl)cc(NC)n1. The number of hydrogen-bond donors (Lipinski definition) is 2. The lowest BCUT2D eigenvalue weighted by molar-refractivity contribution is 0.102. The standard InChI is InChI=1S/C15H16ClN3O/c1-3-11-8-10(9-14(17-2)18-11)15(20)19-13-7-5-4-6-12(13)16/h4-9H,3H2,1-2H3,(H,17,18)(H,19,20). The number of halogens is 1. The van der Waals surface area contributed by atoms with Crippen LogP contribution < -0.4 is 10.6 Å². The molecule has 0 radical (unpaired) electrons. The Hall–Kier alpha value is -2.07. The van der Waals surface area contributed by atoms with Crippen LogP contribution >= 0.6 is 11.6 Å². The number of para-hydroxylation sites is 1. The Morgan fingerprint density at radius 3 is 2.70 bits per heavy atom. The lowest BCUT2D eigenvalue weighted by Crippen LogP contribution is -2.13. The summed E-state index contributed by atoms with van der Waals surface area (Å²) < 4.78 is 0. The van der Waals surface area contributed by atoms with Crippen LogP contribution in [-0.4, -0.2) is 17.9 Å². The van der Waals surface area contributed by atoms with Crippen LogP contribution in [0.4, 0.5) is 11.5 Å². The first-order valence-corrected chi connectivity index (χ1v) is 6.76. The van der Waals surface area contributed by atoms with E-state index in [4.69, 9.17) is 11.6 Å². The molecule has 2 rings (SSSR count). The van der Waals surface area contributed by atoms with Crippen molar-refractivity contribution in [2.75, 3.05) is 17.7 Å². The van der Waals surface area contributed by atoms with E-state index in [-0.39, 0.29) is 5.91 Å². The van der Waals surface area contributed by atoms with Crippen molar-refractivity contribution in [2.45, 2.75) is 13.3 Å². The van der Waals surface area contributed by atoms with E-state index in [1.165, 1.54) is 0 Å². The van der Waals surface area contributed by atoms with Crippen LogP contribution in [0.15, 0.2) is 36.4 Å². The first-order chi connectivity index (χ1) is 9.63. The van der Waals surface area contributed by atoms with Crippen LogP contribution in [0.2, 0.25) is 5.02 Å². The monoisotopic (exact) mass is 289 g/mol. The summed E-state index contributed by atoms with van der Waals surface area (Å²) in [6.45, 7) is 2.00. The number of aryl methyl sites for hydroxylation is 1. The number of nitrogens with zero attached hydrogens (tertiary/aromatic N) is 1. The molecule has 1 amide bonds. The summed E-state index contributed by atoms with van der Waals surface area (Å²) in [6, 6.07) is 10.6. The molecule has 1 heterocycles. The number of aromatic nitrogens is 1. The van der Waals surface area contributed by atoms with Crippen LogP contribution in [0.5, 0.6) is 0 Å². The average molecular weight is 290 g/mol. The first-order valence-electron chi connectivity index (χ1n) is 6.38. The van der Waals surface area contributed by atoms with Gasteiger partial charge in [0, 0.05) is 18.3 Å². The van der Waals surface area contributed by atoms with Gasteiger partial charge in [0.2, 0.25) is 0 Å². The van der Waals surface area contributed by atoms with Gasteiger partial charge in [-0.25, -0.2) is 4.98 Å². The van der Waals surface area contributed by atoms with Gasteiger partial charge in [0.25, 0.3) is 5.91 Å². The zero-order chi connectivity index (χ0) is 14.5. The van der Waals surface area contributed by atoms with Crippen molar-refractivity contribution in [1.29, 1.82) is 0 Å². The number of nitrogens with one attached hydrogen (secondary N) is 2. The third kappa shape index (κ3) is 3.27. The second kappa shape index (κ2) is 6.39. The fraction of sp³-hybridized carbons (Fsp3) is 0.200. The van der Waals surface area contributed by atoms with Crippen LogP contribution in [0.1, 0.15) is 23.0 Å². The smallest absolute Gasteiger partial charge is 0.255 e. The molecular weight excluding hydrogens is 274 g/mol. The van der Waals surface area contributed by atoms with Gasteiger partial charge in [-0.2, -0.15) is 0 Å². The molecule has 1 aromatic carbocycles. The molecule has 0 aliphatic rings. The zero-order valence-corrected chi connectivity index (χ0v) is 12.2. The number of carbonyl (C=O) groups excluding carboxylic acids is 1. The Balaban J connectivity index is 2.27. The highest BCUT2D eigenvalue weighted by atomic mass is 35.5. The Labute approximate surface area is 123 Å². The maximum Gasteiger partial charge on any atom is 0.255 e. The molecule has 0 saturated carbocycles. The van der Waals surface area contributed by atoms with Crippen molar-refractivity contribution in [3.05, 3.63) is 52.7 Å².